The van der Waals surface area contributed by atoms with Crippen molar-refractivity contribution in [3.63, 3.8) is 0 Å². The third-order valence-corrected chi connectivity index (χ3v) is 3.90. The van der Waals surface area contributed by atoms with Crippen LogP contribution in [0.25, 0.3) is 0 Å². The van der Waals surface area contributed by atoms with Crippen molar-refractivity contribution in [2.24, 2.45) is 0 Å². The Morgan fingerprint density at radius 1 is 1.05 bits per heavy atom. The van der Waals surface area contributed by atoms with E-state index in [4.69, 9.17) is 0 Å². The number of halogens is 2. The van der Waals surface area contributed by atoms with E-state index >= 15 is 0 Å². The van der Waals surface area contributed by atoms with Gasteiger partial charge in [-0.25, -0.2) is 8.78 Å². The fourth-order valence-electron chi connectivity index (χ4n) is 2.74. The summed E-state index contributed by atoms with van der Waals surface area (Å²) in [6, 6.07) is 6.71. The second-order valence-electron chi connectivity index (χ2n) is 5.50. The van der Waals surface area contributed by atoms with Gasteiger partial charge in [-0.2, -0.15) is 0 Å². The van der Waals surface area contributed by atoms with Crippen LogP contribution in [0.15, 0.2) is 60.0 Å². The fourth-order valence-corrected chi connectivity index (χ4v) is 2.74. The number of benzene rings is 1. The minimum Gasteiger partial charge on any atom is -0.207 e. The lowest BCUT2D eigenvalue weighted by atomic mass is 9.85. The van der Waals surface area contributed by atoms with Crippen LogP contribution in [0.1, 0.15) is 50.5 Å². The van der Waals surface area contributed by atoms with Crippen LogP contribution in [0.4, 0.5) is 8.78 Å². The molecule has 2 rings (SSSR count). The lowest BCUT2D eigenvalue weighted by Crippen LogP contribution is -2.03. The molecule has 112 valence electrons. The number of rotatable bonds is 6. The van der Waals surface area contributed by atoms with E-state index in [-0.39, 0.29) is 17.6 Å². The van der Waals surface area contributed by atoms with Crippen LogP contribution in [0, 0.1) is 5.82 Å². The first-order chi connectivity index (χ1) is 10.2. The summed E-state index contributed by atoms with van der Waals surface area (Å²) in [4.78, 5) is 0. The Balaban J connectivity index is 2.23. The minimum absolute atomic E-state index is 0.212. The second kappa shape index (κ2) is 7.92. The van der Waals surface area contributed by atoms with E-state index in [9.17, 15) is 8.78 Å². The third kappa shape index (κ3) is 4.66. The Hall–Kier alpha value is -1.70. The largest absolute Gasteiger partial charge is 0.207 e. The van der Waals surface area contributed by atoms with Crippen LogP contribution in [0.5, 0.6) is 0 Å². The molecule has 1 aliphatic carbocycles. The van der Waals surface area contributed by atoms with E-state index in [2.05, 4.69) is 6.92 Å². The Kier molecular flexibility index (Phi) is 5.91. The highest BCUT2D eigenvalue weighted by Crippen LogP contribution is 2.33. The lowest BCUT2D eigenvalue weighted by molar-refractivity contribution is 0.601. The van der Waals surface area contributed by atoms with Crippen LogP contribution in [-0.4, -0.2) is 0 Å². The van der Waals surface area contributed by atoms with Gasteiger partial charge in [0.15, 0.2) is 0 Å². The topological polar surface area (TPSA) is 0 Å². The number of hydrogen-bond acceptors (Lipinski definition) is 0. The van der Waals surface area contributed by atoms with Crippen molar-refractivity contribution >= 4 is 0 Å². The molecule has 2 heteroatoms. The Morgan fingerprint density at radius 2 is 1.81 bits per heavy atom. The molecule has 0 spiro atoms. The van der Waals surface area contributed by atoms with Crippen LogP contribution in [0.2, 0.25) is 0 Å². The first-order valence-corrected chi connectivity index (χ1v) is 7.69. The van der Waals surface area contributed by atoms with Crippen molar-refractivity contribution in [2.45, 2.75) is 44.9 Å². The Labute approximate surface area is 125 Å². The molecule has 1 aromatic carbocycles. The van der Waals surface area contributed by atoms with Gasteiger partial charge in [0.1, 0.15) is 11.6 Å². The summed E-state index contributed by atoms with van der Waals surface area (Å²) in [5.41, 5.74) is 2.31. The van der Waals surface area contributed by atoms with Gasteiger partial charge in [0.2, 0.25) is 0 Å². The van der Waals surface area contributed by atoms with Crippen molar-refractivity contribution < 1.29 is 8.78 Å². The number of hydrogen-bond donors (Lipinski definition) is 0. The molecule has 0 heterocycles. The summed E-state index contributed by atoms with van der Waals surface area (Å²) in [6.07, 6.45) is 12.0. The standard InChI is InChI=1S/C19H22F2/c1-2-3-4-8-19(16-10-13-18(21)14-11-16)15-6-5-7-17(20)12-9-15/h5,7,9-14,19H,2-4,6,8H2,1H3. The van der Waals surface area contributed by atoms with Crippen molar-refractivity contribution in [3.8, 4) is 0 Å². The van der Waals surface area contributed by atoms with E-state index in [1.54, 1.807) is 0 Å². The highest BCUT2D eigenvalue weighted by molar-refractivity contribution is 5.35. The molecule has 0 aliphatic heterocycles. The monoisotopic (exact) mass is 288 g/mol. The number of allylic oxidation sites excluding steroid dienone is 6. The minimum atomic E-state index is -0.216. The summed E-state index contributed by atoms with van der Waals surface area (Å²) >= 11 is 0. The summed E-state index contributed by atoms with van der Waals surface area (Å²) in [5.74, 6) is -0.188. The highest BCUT2D eigenvalue weighted by atomic mass is 19.1. The van der Waals surface area contributed by atoms with Gasteiger partial charge in [-0.15, -0.1) is 0 Å². The van der Waals surface area contributed by atoms with Crippen molar-refractivity contribution in [1.29, 1.82) is 0 Å². The summed E-state index contributed by atoms with van der Waals surface area (Å²) in [6.45, 7) is 2.18. The molecule has 0 aromatic heterocycles. The molecule has 1 aliphatic rings. The summed E-state index contributed by atoms with van der Waals surface area (Å²) in [5, 5.41) is 0. The average Bonchev–Trinajstić information content (AvgIpc) is 2.70. The Bertz CT molecular complexity index is 535. The summed E-state index contributed by atoms with van der Waals surface area (Å²) < 4.78 is 26.5. The van der Waals surface area contributed by atoms with E-state index in [0.29, 0.717) is 0 Å². The average molecular weight is 288 g/mol. The van der Waals surface area contributed by atoms with Gasteiger partial charge in [-0.1, -0.05) is 56.0 Å². The smallest absolute Gasteiger partial charge is 0.123 e. The highest BCUT2D eigenvalue weighted by Gasteiger charge is 2.16. The molecule has 0 amide bonds. The first kappa shape index (κ1) is 15.7. The van der Waals surface area contributed by atoms with Gasteiger partial charge >= 0.3 is 0 Å². The molecule has 0 saturated carbocycles. The quantitative estimate of drug-likeness (QED) is 0.544. The van der Waals surface area contributed by atoms with Crippen molar-refractivity contribution in [3.05, 3.63) is 71.4 Å². The first-order valence-electron chi connectivity index (χ1n) is 7.69. The molecule has 0 nitrogen and oxygen atoms in total. The zero-order chi connectivity index (χ0) is 15.1. The van der Waals surface area contributed by atoms with Gasteiger partial charge in [-0.05, 0) is 42.7 Å². The predicted octanol–water partition coefficient (Wildman–Crippen LogP) is 6.23. The molecular formula is C19H22F2. The SMILES string of the molecule is CCCCCC(C1=CC=C(F)C=CC1)c1ccc(F)cc1. The molecule has 1 aromatic rings. The van der Waals surface area contributed by atoms with Crippen LogP contribution >= 0.6 is 0 Å². The third-order valence-electron chi connectivity index (χ3n) is 3.90. The Morgan fingerprint density at radius 3 is 2.52 bits per heavy atom. The van der Waals surface area contributed by atoms with E-state index in [1.807, 2.05) is 24.3 Å². The molecule has 21 heavy (non-hydrogen) atoms. The molecular weight excluding hydrogens is 266 g/mol. The fraction of sp³-hybridized carbons (Fsp3) is 0.368. The van der Waals surface area contributed by atoms with Gasteiger partial charge < -0.3 is 0 Å². The van der Waals surface area contributed by atoms with Crippen molar-refractivity contribution in [2.75, 3.05) is 0 Å². The molecule has 0 bridgehead atoms. The van der Waals surface area contributed by atoms with E-state index in [1.165, 1.54) is 42.7 Å². The van der Waals surface area contributed by atoms with E-state index in [0.717, 1.165) is 24.8 Å². The molecule has 1 unspecified atom stereocenters. The maximum atomic E-state index is 13.3. The number of unbranched alkanes of at least 4 members (excludes halogenated alkanes) is 2. The van der Waals surface area contributed by atoms with Gasteiger partial charge in [0.25, 0.3) is 0 Å². The van der Waals surface area contributed by atoms with Crippen LogP contribution in [0.3, 0.4) is 0 Å². The van der Waals surface area contributed by atoms with Crippen LogP contribution in [-0.2, 0) is 0 Å². The van der Waals surface area contributed by atoms with Gasteiger partial charge in [0.05, 0.1) is 0 Å². The molecule has 0 N–H and O–H groups in total. The summed E-state index contributed by atoms with van der Waals surface area (Å²) in [7, 11) is 0. The van der Waals surface area contributed by atoms with E-state index < -0.39 is 0 Å². The van der Waals surface area contributed by atoms with Crippen molar-refractivity contribution in [1.82, 2.24) is 0 Å². The molecule has 0 fully saturated rings. The second-order valence-corrected chi connectivity index (χ2v) is 5.50. The lowest BCUT2D eigenvalue weighted by Gasteiger charge is -2.20. The normalized spacial score (nSPS) is 16.1. The van der Waals surface area contributed by atoms with Gasteiger partial charge in [-0.3, -0.25) is 0 Å². The van der Waals surface area contributed by atoms with Gasteiger partial charge in [0, 0.05) is 5.92 Å². The molecule has 1 atom stereocenters. The predicted molar refractivity (Wildman–Crippen MR) is 84.3 cm³/mol. The molecule has 0 saturated heterocycles. The zero-order valence-corrected chi connectivity index (χ0v) is 12.5. The van der Waals surface area contributed by atoms with Crippen LogP contribution < -0.4 is 0 Å². The molecule has 0 radical (unpaired) electrons. The zero-order valence-electron chi connectivity index (χ0n) is 12.5. The maximum absolute atomic E-state index is 13.3. The maximum Gasteiger partial charge on any atom is 0.123 e.